The number of rotatable bonds is 5. The summed E-state index contributed by atoms with van der Waals surface area (Å²) in [6.07, 6.45) is 0.884. The summed E-state index contributed by atoms with van der Waals surface area (Å²) < 4.78 is 5.15. The number of benzene rings is 2. The number of fused-ring (bicyclic) bond motifs is 1. The largest absolute Gasteiger partial charge is 0.504 e. The fraction of sp³-hybridized carbons (Fsp3) is 0.273. The van der Waals surface area contributed by atoms with Crippen molar-refractivity contribution in [1.82, 2.24) is 0 Å². The smallest absolute Gasteiger partial charge is 0.340 e. The highest BCUT2D eigenvalue weighted by atomic mass is 16.4. The summed E-state index contributed by atoms with van der Waals surface area (Å²) in [4.78, 5) is 24.8. The number of amides is 1. The molecule has 2 aromatic carbocycles. The summed E-state index contributed by atoms with van der Waals surface area (Å²) >= 11 is 0. The topological polar surface area (TPSA) is 99.8 Å². The Kier molecular flexibility index (Phi) is 5.40. The number of hydrogen-bond acceptors (Lipinski definition) is 5. The fourth-order valence-electron chi connectivity index (χ4n) is 3.13. The van der Waals surface area contributed by atoms with Gasteiger partial charge in [0, 0.05) is 11.1 Å². The summed E-state index contributed by atoms with van der Waals surface area (Å²) in [5, 5.41) is 22.7. The Morgan fingerprint density at radius 3 is 2.46 bits per heavy atom. The average molecular weight is 381 g/mol. The van der Waals surface area contributed by atoms with E-state index in [0.29, 0.717) is 22.6 Å². The molecule has 0 radical (unpaired) electrons. The third-order valence-electron chi connectivity index (χ3n) is 5.12. The van der Waals surface area contributed by atoms with Crippen LogP contribution in [0.3, 0.4) is 0 Å². The van der Waals surface area contributed by atoms with E-state index < -0.39 is 11.4 Å². The van der Waals surface area contributed by atoms with Gasteiger partial charge in [0.1, 0.15) is 0 Å². The van der Waals surface area contributed by atoms with Crippen molar-refractivity contribution in [2.24, 2.45) is 0 Å². The molecule has 1 aromatic heterocycles. The van der Waals surface area contributed by atoms with E-state index in [1.807, 2.05) is 24.3 Å². The zero-order valence-corrected chi connectivity index (χ0v) is 16.1. The van der Waals surface area contributed by atoms with Crippen molar-refractivity contribution >= 4 is 22.6 Å². The predicted octanol–water partition coefficient (Wildman–Crippen LogP) is 4.21. The van der Waals surface area contributed by atoms with Crippen LogP contribution in [0.5, 0.6) is 11.5 Å². The molecule has 0 saturated heterocycles. The molecule has 146 valence electrons. The lowest BCUT2D eigenvalue weighted by molar-refractivity contribution is -0.115. The third kappa shape index (κ3) is 3.71. The maximum Gasteiger partial charge on any atom is 0.340 e. The molecule has 6 nitrogen and oxygen atoms in total. The minimum atomic E-state index is -0.715. The van der Waals surface area contributed by atoms with E-state index in [1.54, 1.807) is 6.92 Å². The molecule has 0 spiro atoms. The fourth-order valence-corrected chi connectivity index (χ4v) is 3.13. The number of carbonyl (C=O) groups is 1. The number of anilines is 1. The van der Waals surface area contributed by atoms with Gasteiger partial charge in [0.05, 0.1) is 12.0 Å². The summed E-state index contributed by atoms with van der Waals surface area (Å²) in [6, 6.07) is 10.5. The van der Waals surface area contributed by atoms with Gasteiger partial charge in [-0.15, -0.1) is 0 Å². The quantitative estimate of drug-likeness (QED) is 0.454. The SMILES string of the molecule is CCC(C)c1ccc(NC(=O)Cc2c(C)c3ccc(O)c(O)c3oc2=O)cc1. The van der Waals surface area contributed by atoms with Gasteiger partial charge in [0.25, 0.3) is 0 Å². The van der Waals surface area contributed by atoms with E-state index >= 15 is 0 Å². The Morgan fingerprint density at radius 2 is 1.82 bits per heavy atom. The molecule has 1 amide bonds. The molecule has 0 aliphatic carbocycles. The highest BCUT2D eigenvalue weighted by Gasteiger charge is 2.18. The standard InChI is InChI=1S/C22H23NO5/c1-4-12(2)14-5-7-15(8-6-14)23-19(25)11-17-13(3)16-9-10-18(24)20(26)21(16)28-22(17)27/h5-10,12,24,26H,4,11H2,1-3H3,(H,23,25). The second-order valence-corrected chi connectivity index (χ2v) is 6.96. The van der Waals surface area contributed by atoms with Crippen molar-refractivity contribution in [1.29, 1.82) is 0 Å². The molecule has 6 heteroatoms. The van der Waals surface area contributed by atoms with Crippen molar-refractivity contribution in [3.05, 3.63) is 63.5 Å². The summed E-state index contributed by atoms with van der Waals surface area (Å²) in [7, 11) is 0. The Balaban J connectivity index is 1.83. The zero-order chi connectivity index (χ0) is 20.4. The van der Waals surface area contributed by atoms with Gasteiger partial charge in [-0.05, 0) is 54.7 Å². The van der Waals surface area contributed by atoms with Gasteiger partial charge in [0.15, 0.2) is 11.3 Å². The van der Waals surface area contributed by atoms with Gasteiger partial charge in [-0.1, -0.05) is 26.0 Å². The molecular formula is C22H23NO5. The van der Waals surface area contributed by atoms with Gasteiger partial charge in [-0.3, -0.25) is 4.79 Å². The Hall–Kier alpha value is -3.28. The first kappa shape index (κ1) is 19.5. The van der Waals surface area contributed by atoms with Gasteiger partial charge in [-0.2, -0.15) is 0 Å². The number of nitrogens with one attached hydrogen (secondary N) is 1. The van der Waals surface area contributed by atoms with Crippen LogP contribution in [0, 0.1) is 6.92 Å². The zero-order valence-electron chi connectivity index (χ0n) is 16.1. The molecule has 0 saturated carbocycles. The Bertz CT molecular complexity index is 1080. The molecule has 0 bridgehead atoms. The number of phenols is 2. The molecule has 1 atom stereocenters. The van der Waals surface area contributed by atoms with E-state index in [4.69, 9.17) is 4.42 Å². The van der Waals surface area contributed by atoms with Crippen LogP contribution in [0.15, 0.2) is 45.6 Å². The number of aromatic hydroxyl groups is 2. The summed E-state index contributed by atoms with van der Waals surface area (Å²) in [5.74, 6) is -0.754. The molecule has 3 N–H and O–H groups in total. The first-order valence-electron chi connectivity index (χ1n) is 9.18. The molecule has 3 rings (SSSR count). The van der Waals surface area contributed by atoms with E-state index in [1.165, 1.54) is 17.7 Å². The average Bonchev–Trinajstić information content (AvgIpc) is 2.68. The number of hydrogen-bond donors (Lipinski definition) is 3. The normalized spacial score (nSPS) is 12.1. The van der Waals surface area contributed by atoms with E-state index in [2.05, 4.69) is 19.2 Å². The molecule has 0 fully saturated rings. The molecule has 28 heavy (non-hydrogen) atoms. The van der Waals surface area contributed by atoms with Crippen LogP contribution in [0.4, 0.5) is 5.69 Å². The second-order valence-electron chi connectivity index (χ2n) is 6.96. The van der Waals surface area contributed by atoms with Gasteiger partial charge in [0.2, 0.25) is 11.7 Å². The first-order chi connectivity index (χ1) is 13.3. The Morgan fingerprint density at radius 1 is 1.14 bits per heavy atom. The molecular weight excluding hydrogens is 358 g/mol. The van der Waals surface area contributed by atoms with Crippen LogP contribution >= 0.6 is 0 Å². The van der Waals surface area contributed by atoms with Crippen molar-refractivity contribution in [3.8, 4) is 11.5 Å². The van der Waals surface area contributed by atoms with Crippen molar-refractivity contribution in [2.45, 2.75) is 39.5 Å². The van der Waals surface area contributed by atoms with E-state index in [0.717, 1.165) is 6.42 Å². The molecule has 0 aliphatic rings. The van der Waals surface area contributed by atoms with Crippen LogP contribution in [0.1, 0.15) is 42.9 Å². The van der Waals surface area contributed by atoms with Crippen molar-refractivity contribution in [2.75, 3.05) is 5.32 Å². The van der Waals surface area contributed by atoms with E-state index in [9.17, 15) is 19.8 Å². The second kappa shape index (κ2) is 7.76. The lowest BCUT2D eigenvalue weighted by atomic mass is 9.98. The monoisotopic (exact) mass is 381 g/mol. The van der Waals surface area contributed by atoms with Crippen LogP contribution in [0.25, 0.3) is 11.0 Å². The lowest BCUT2D eigenvalue weighted by Crippen LogP contribution is -2.20. The minimum Gasteiger partial charge on any atom is -0.504 e. The van der Waals surface area contributed by atoms with Gasteiger partial charge < -0.3 is 19.9 Å². The predicted molar refractivity (Wildman–Crippen MR) is 108 cm³/mol. The number of aryl methyl sites for hydroxylation is 1. The molecule has 1 heterocycles. The maximum atomic E-state index is 12.4. The van der Waals surface area contributed by atoms with E-state index in [-0.39, 0.29) is 29.2 Å². The van der Waals surface area contributed by atoms with Crippen molar-refractivity contribution in [3.63, 3.8) is 0 Å². The number of carbonyl (C=O) groups excluding carboxylic acids is 1. The first-order valence-corrected chi connectivity index (χ1v) is 9.18. The van der Waals surface area contributed by atoms with Gasteiger partial charge in [-0.25, -0.2) is 4.79 Å². The van der Waals surface area contributed by atoms with Crippen LogP contribution in [-0.4, -0.2) is 16.1 Å². The maximum absolute atomic E-state index is 12.4. The molecule has 0 aliphatic heterocycles. The number of phenolic OH excluding ortho intramolecular Hbond substituents is 2. The van der Waals surface area contributed by atoms with Crippen LogP contribution in [-0.2, 0) is 11.2 Å². The molecule has 3 aromatic rings. The van der Waals surface area contributed by atoms with Crippen molar-refractivity contribution < 1.29 is 19.4 Å². The Labute approximate surface area is 162 Å². The highest BCUT2D eigenvalue weighted by molar-refractivity contribution is 5.94. The minimum absolute atomic E-state index is 0.0905. The summed E-state index contributed by atoms with van der Waals surface area (Å²) in [6.45, 7) is 5.95. The third-order valence-corrected chi connectivity index (χ3v) is 5.12. The highest BCUT2D eigenvalue weighted by Crippen LogP contribution is 2.34. The molecule has 1 unspecified atom stereocenters. The van der Waals surface area contributed by atoms with Gasteiger partial charge >= 0.3 is 5.63 Å². The summed E-state index contributed by atoms with van der Waals surface area (Å²) in [5.41, 5.74) is 1.80. The van der Waals surface area contributed by atoms with Crippen LogP contribution < -0.4 is 10.9 Å². The lowest BCUT2D eigenvalue weighted by Gasteiger charge is -2.11. The van der Waals surface area contributed by atoms with Crippen LogP contribution in [0.2, 0.25) is 0 Å².